The van der Waals surface area contributed by atoms with Crippen LogP contribution in [-0.4, -0.2) is 0 Å². The van der Waals surface area contributed by atoms with E-state index in [1.165, 1.54) is 68.8 Å². The summed E-state index contributed by atoms with van der Waals surface area (Å²) in [5.74, 6) is 0. The van der Waals surface area contributed by atoms with Crippen LogP contribution in [0, 0.1) is 0 Å². The molecule has 0 fully saturated rings. The Morgan fingerprint density at radius 2 is 0.919 bits per heavy atom. The number of para-hydroxylation sites is 2. The number of hydrogen-bond donors (Lipinski definition) is 0. The second kappa shape index (κ2) is 12.8. The molecule has 3 heterocycles. The molecule has 11 aromatic carbocycles. The largest absolute Gasteiger partial charge is 0.456 e. The average molecular weight is 808 g/mol. The zero-order valence-electron chi connectivity index (χ0n) is 33.2. The summed E-state index contributed by atoms with van der Waals surface area (Å²) in [5, 5.41) is 16.8. The molecule has 3 nitrogen and oxygen atoms in total. The van der Waals surface area contributed by atoms with Gasteiger partial charge in [-0.15, -0.1) is 11.3 Å². The first-order valence-electron chi connectivity index (χ1n) is 21.1. The maximum Gasteiger partial charge on any atom is 0.137 e. The van der Waals surface area contributed by atoms with Crippen LogP contribution in [0.1, 0.15) is 0 Å². The molecule has 0 atom stereocenters. The van der Waals surface area contributed by atoms with E-state index in [0.29, 0.717) is 0 Å². The van der Waals surface area contributed by atoms with Crippen LogP contribution in [-0.2, 0) is 0 Å². The van der Waals surface area contributed by atoms with Gasteiger partial charge in [-0.3, -0.25) is 0 Å². The molecule has 0 saturated carbocycles. The SMILES string of the molecule is c1ccc2c(c1)ccc1c2sc2cccc(-c3cc4c5ccccc5c5ccccc5c4cc3N(c3ccc4oc5ccccc5c4c3)c3cccc4oc5ccccc5c34)c21. The van der Waals surface area contributed by atoms with Gasteiger partial charge in [0.2, 0.25) is 0 Å². The molecule has 288 valence electrons. The lowest BCUT2D eigenvalue weighted by atomic mass is 9.89. The van der Waals surface area contributed by atoms with Crippen LogP contribution in [0.25, 0.3) is 118 Å². The first-order chi connectivity index (χ1) is 30.7. The van der Waals surface area contributed by atoms with Crippen molar-refractivity contribution in [1.82, 2.24) is 0 Å². The Balaban J connectivity index is 1.18. The van der Waals surface area contributed by atoms with E-state index in [4.69, 9.17) is 8.83 Å². The molecule has 0 radical (unpaired) electrons. The molecule has 0 saturated heterocycles. The normalized spacial score (nSPS) is 12.2. The zero-order valence-corrected chi connectivity index (χ0v) is 34.0. The Morgan fingerprint density at radius 3 is 1.71 bits per heavy atom. The Hall–Kier alpha value is -7.92. The quantitative estimate of drug-likeness (QED) is 0.166. The summed E-state index contributed by atoms with van der Waals surface area (Å²) in [6.45, 7) is 0. The maximum absolute atomic E-state index is 6.61. The molecule has 0 aliphatic carbocycles. The van der Waals surface area contributed by atoms with Gasteiger partial charge in [-0.25, -0.2) is 0 Å². The summed E-state index contributed by atoms with van der Waals surface area (Å²) >= 11 is 1.89. The van der Waals surface area contributed by atoms with Crippen molar-refractivity contribution < 1.29 is 8.83 Å². The van der Waals surface area contributed by atoms with Crippen LogP contribution in [0.5, 0.6) is 0 Å². The number of thiophene rings is 1. The van der Waals surface area contributed by atoms with Crippen LogP contribution in [0.4, 0.5) is 17.1 Å². The molecule has 0 N–H and O–H groups in total. The highest BCUT2D eigenvalue weighted by molar-refractivity contribution is 7.26. The van der Waals surface area contributed by atoms with E-state index in [-0.39, 0.29) is 0 Å². The predicted octanol–water partition coefficient (Wildman–Crippen LogP) is 17.6. The van der Waals surface area contributed by atoms with Gasteiger partial charge in [0, 0.05) is 47.6 Å². The van der Waals surface area contributed by atoms with Crippen LogP contribution in [0.2, 0.25) is 0 Å². The summed E-state index contributed by atoms with van der Waals surface area (Å²) in [5.41, 5.74) is 8.95. The Bertz CT molecular complexity index is 4190. The van der Waals surface area contributed by atoms with Crippen LogP contribution >= 0.6 is 11.3 Å². The summed E-state index contributed by atoms with van der Waals surface area (Å²) in [4.78, 5) is 2.48. The van der Waals surface area contributed by atoms with Crippen molar-refractivity contribution in [2.24, 2.45) is 0 Å². The highest BCUT2D eigenvalue weighted by atomic mass is 32.1. The van der Waals surface area contributed by atoms with E-state index in [2.05, 4.69) is 193 Å². The fraction of sp³-hybridized carbons (Fsp3) is 0. The van der Waals surface area contributed by atoms with Gasteiger partial charge in [-0.05, 0) is 109 Å². The zero-order chi connectivity index (χ0) is 40.5. The highest BCUT2D eigenvalue weighted by Gasteiger charge is 2.26. The predicted molar refractivity (Wildman–Crippen MR) is 264 cm³/mol. The second-order valence-electron chi connectivity index (χ2n) is 16.3. The van der Waals surface area contributed by atoms with Gasteiger partial charge in [0.05, 0.1) is 16.8 Å². The lowest BCUT2D eigenvalue weighted by Crippen LogP contribution is -2.12. The van der Waals surface area contributed by atoms with Crippen molar-refractivity contribution in [1.29, 1.82) is 0 Å². The molecule has 0 spiro atoms. The molecule has 62 heavy (non-hydrogen) atoms. The number of rotatable bonds is 4. The average Bonchev–Trinajstić information content (AvgIpc) is 4.03. The number of hydrogen-bond acceptors (Lipinski definition) is 4. The highest BCUT2D eigenvalue weighted by Crippen LogP contribution is 2.52. The minimum absolute atomic E-state index is 0.847. The van der Waals surface area contributed by atoms with Gasteiger partial charge in [-0.2, -0.15) is 0 Å². The van der Waals surface area contributed by atoms with E-state index in [0.717, 1.165) is 66.5 Å². The number of fused-ring (bicyclic) bond motifs is 17. The molecule has 0 amide bonds. The van der Waals surface area contributed by atoms with Gasteiger partial charge >= 0.3 is 0 Å². The van der Waals surface area contributed by atoms with Crippen LogP contribution in [0.3, 0.4) is 0 Å². The summed E-state index contributed by atoms with van der Waals surface area (Å²) in [7, 11) is 0. The molecule has 4 heteroatoms. The first kappa shape index (κ1) is 33.9. The fourth-order valence-corrected chi connectivity index (χ4v) is 11.6. The smallest absolute Gasteiger partial charge is 0.137 e. The molecular weight excluding hydrogens is 775 g/mol. The minimum atomic E-state index is 0.847. The van der Waals surface area contributed by atoms with E-state index >= 15 is 0 Å². The van der Waals surface area contributed by atoms with Crippen molar-refractivity contribution in [2.45, 2.75) is 0 Å². The number of furan rings is 2. The third-order valence-corrected chi connectivity index (χ3v) is 14.2. The van der Waals surface area contributed by atoms with Gasteiger partial charge in [0.1, 0.15) is 22.3 Å². The van der Waals surface area contributed by atoms with Crippen molar-refractivity contribution in [3.05, 3.63) is 200 Å². The molecular formula is C58H33NO2S. The number of nitrogens with zero attached hydrogens (tertiary/aromatic N) is 1. The first-order valence-corrected chi connectivity index (χ1v) is 21.9. The molecule has 3 aromatic heterocycles. The van der Waals surface area contributed by atoms with E-state index in [1.807, 2.05) is 23.5 Å². The Labute approximate surface area is 358 Å². The Morgan fingerprint density at radius 1 is 0.323 bits per heavy atom. The van der Waals surface area contributed by atoms with Crippen molar-refractivity contribution in [3.63, 3.8) is 0 Å². The lowest BCUT2D eigenvalue weighted by molar-refractivity contribution is 0.668. The van der Waals surface area contributed by atoms with E-state index < -0.39 is 0 Å². The molecule has 0 unspecified atom stereocenters. The van der Waals surface area contributed by atoms with Gasteiger partial charge in [0.25, 0.3) is 0 Å². The van der Waals surface area contributed by atoms with Gasteiger partial charge < -0.3 is 13.7 Å². The molecule has 0 aliphatic heterocycles. The Kier molecular flexibility index (Phi) is 6.99. The molecule has 14 rings (SSSR count). The van der Waals surface area contributed by atoms with E-state index in [9.17, 15) is 0 Å². The van der Waals surface area contributed by atoms with Crippen LogP contribution in [0.15, 0.2) is 209 Å². The second-order valence-corrected chi connectivity index (χ2v) is 17.4. The minimum Gasteiger partial charge on any atom is -0.456 e. The lowest BCUT2D eigenvalue weighted by Gasteiger charge is -2.30. The third-order valence-electron chi connectivity index (χ3n) is 13.0. The van der Waals surface area contributed by atoms with Gasteiger partial charge in [0.15, 0.2) is 0 Å². The molecule has 0 bridgehead atoms. The standard InChI is InChI=1S/C58H33NO2S/c1-2-14-36-34(13-1)27-29-44-56-42(21-11-26-55(56)62-58(36)44)47-32-45-39-17-5-3-15-37(39)38-16-4-6-18-40(38)46(45)33-50(47)59(35-28-30-53-48(31-35)41-19-7-9-23-51(41)60-53)49-22-12-25-54-57(49)43-20-8-10-24-52(43)61-54/h1-33H. The topological polar surface area (TPSA) is 29.5 Å². The fourth-order valence-electron chi connectivity index (χ4n) is 10.3. The monoisotopic (exact) mass is 807 g/mol. The summed E-state index contributed by atoms with van der Waals surface area (Å²) < 4.78 is 15.6. The number of benzene rings is 11. The van der Waals surface area contributed by atoms with Crippen molar-refractivity contribution in [3.8, 4) is 11.1 Å². The molecule has 14 aromatic rings. The van der Waals surface area contributed by atoms with Crippen LogP contribution < -0.4 is 4.90 Å². The third kappa shape index (κ3) is 4.75. The van der Waals surface area contributed by atoms with Crippen molar-refractivity contribution in [2.75, 3.05) is 4.90 Å². The van der Waals surface area contributed by atoms with Crippen molar-refractivity contribution >= 4 is 136 Å². The summed E-state index contributed by atoms with van der Waals surface area (Å²) in [6, 6.07) is 72.8. The number of anilines is 3. The summed E-state index contributed by atoms with van der Waals surface area (Å²) in [6.07, 6.45) is 0. The van der Waals surface area contributed by atoms with E-state index in [1.54, 1.807) is 0 Å². The van der Waals surface area contributed by atoms with Gasteiger partial charge in [-0.1, -0.05) is 140 Å². The molecule has 0 aliphatic rings. The maximum atomic E-state index is 6.61.